The van der Waals surface area contributed by atoms with Crippen LogP contribution in [0.15, 0.2) is 12.7 Å². The highest BCUT2D eigenvalue weighted by Gasteiger charge is 2.20. The molecule has 1 aliphatic heterocycles. The summed E-state index contributed by atoms with van der Waals surface area (Å²) in [6.45, 7) is 9.75. The van der Waals surface area contributed by atoms with Crippen LogP contribution < -0.4 is 0 Å². The van der Waals surface area contributed by atoms with Gasteiger partial charge in [-0.15, -0.1) is 0 Å². The van der Waals surface area contributed by atoms with Crippen molar-refractivity contribution < 1.29 is 9.53 Å². The summed E-state index contributed by atoms with van der Waals surface area (Å²) in [4.78, 5) is 13.2. The standard InChI is InChI=1S/C13H19NO2/c1-4-13(3,16-12(2)15)8-7-11-14-9-5-6-10-14/h4H,1,5-6,9-11H2,2-3H3/t13-/m0/s1. The predicted molar refractivity (Wildman–Crippen MR) is 63.8 cm³/mol. The molecule has 0 amide bonds. The minimum Gasteiger partial charge on any atom is -0.443 e. The molecule has 3 heteroatoms. The van der Waals surface area contributed by atoms with Crippen LogP contribution in [-0.4, -0.2) is 36.1 Å². The summed E-state index contributed by atoms with van der Waals surface area (Å²) >= 11 is 0. The van der Waals surface area contributed by atoms with E-state index in [0.717, 1.165) is 19.6 Å². The molecule has 3 nitrogen and oxygen atoms in total. The van der Waals surface area contributed by atoms with Gasteiger partial charge in [-0.2, -0.15) is 0 Å². The molecule has 1 aliphatic rings. The molecule has 0 saturated carbocycles. The Morgan fingerprint density at radius 3 is 2.69 bits per heavy atom. The predicted octanol–water partition coefficient (Wildman–Crippen LogP) is 1.59. The van der Waals surface area contributed by atoms with Crippen LogP contribution in [0.4, 0.5) is 0 Å². The first kappa shape index (κ1) is 12.8. The van der Waals surface area contributed by atoms with Crippen LogP contribution in [0.1, 0.15) is 26.7 Å². The van der Waals surface area contributed by atoms with Gasteiger partial charge in [0.2, 0.25) is 0 Å². The van der Waals surface area contributed by atoms with E-state index >= 15 is 0 Å². The van der Waals surface area contributed by atoms with Crippen LogP contribution in [0, 0.1) is 11.8 Å². The van der Waals surface area contributed by atoms with Crippen LogP contribution in [-0.2, 0) is 9.53 Å². The van der Waals surface area contributed by atoms with Gasteiger partial charge in [-0.1, -0.05) is 12.5 Å². The summed E-state index contributed by atoms with van der Waals surface area (Å²) in [6.07, 6.45) is 4.07. The van der Waals surface area contributed by atoms with Crippen molar-refractivity contribution in [1.82, 2.24) is 4.90 Å². The molecule has 1 fully saturated rings. The zero-order chi connectivity index (χ0) is 12.0. The first-order valence-corrected chi connectivity index (χ1v) is 5.61. The molecule has 1 atom stereocenters. The van der Waals surface area contributed by atoms with Gasteiger partial charge in [0.25, 0.3) is 0 Å². The Balaban J connectivity index is 2.50. The van der Waals surface area contributed by atoms with E-state index in [1.54, 1.807) is 13.0 Å². The number of rotatable bonds is 3. The van der Waals surface area contributed by atoms with Gasteiger partial charge < -0.3 is 4.74 Å². The Labute approximate surface area is 97.5 Å². The zero-order valence-electron chi connectivity index (χ0n) is 10.1. The monoisotopic (exact) mass is 221 g/mol. The van der Waals surface area contributed by atoms with Crippen molar-refractivity contribution >= 4 is 5.97 Å². The van der Waals surface area contributed by atoms with E-state index in [0.29, 0.717) is 0 Å². The summed E-state index contributed by atoms with van der Waals surface area (Å²) < 4.78 is 5.10. The highest BCUT2D eigenvalue weighted by Crippen LogP contribution is 2.11. The minimum atomic E-state index is -0.856. The average Bonchev–Trinajstić information content (AvgIpc) is 2.69. The number of hydrogen-bond acceptors (Lipinski definition) is 3. The molecule has 0 N–H and O–H groups in total. The third kappa shape index (κ3) is 4.08. The molecule has 0 aromatic carbocycles. The van der Waals surface area contributed by atoms with Gasteiger partial charge in [0.1, 0.15) is 0 Å². The second kappa shape index (κ2) is 5.72. The van der Waals surface area contributed by atoms with Gasteiger partial charge in [0.05, 0.1) is 6.54 Å². The van der Waals surface area contributed by atoms with Crippen molar-refractivity contribution in [2.45, 2.75) is 32.3 Å². The second-order valence-corrected chi connectivity index (χ2v) is 4.19. The topological polar surface area (TPSA) is 29.5 Å². The van der Waals surface area contributed by atoms with Crippen molar-refractivity contribution in [1.29, 1.82) is 0 Å². The molecule has 0 radical (unpaired) electrons. The number of nitrogens with zero attached hydrogens (tertiary/aromatic N) is 1. The normalized spacial score (nSPS) is 19.4. The highest BCUT2D eigenvalue weighted by molar-refractivity contribution is 5.67. The number of likely N-dealkylation sites (tertiary alicyclic amines) is 1. The molecule has 88 valence electrons. The van der Waals surface area contributed by atoms with Crippen molar-refractivity contribution in [2.75, 3.05) is 19.6 Å². The summed E-state index contributed by atoms with van der Waals surface area (Å²) in [5.74, 6) is 5.67. The smallest absolute Gasteiger partial charge is 0.304 e. The van der Waals surface area contributed by atoms with E-state index in [2.05, 4.69) is 23.3 Å². The summed E-state index contributed by atoms with van der Waals surface area (Å²) in [6, 6.07) is 0. The molecule has 1 saturated heterocycles. The van der Waals surface area contributed by atoms with Gasteiger partial charge in [-0.3, -0.25) is 9.69 Å². The maximum Gasteiger partial charge on any atom is 0.304 e. The van der Waals surface area contributed by atoms with Crippen LogP contribution in [0.3, 0.4) is 0 Å². The third-order valence-electron chi connectivity index (χ3n) is 2.58. The molecule has 0 bridgehead atoms. The van der Waals surface area contributed by atoms with Crippen molar-refractivity contribution in [3.05, 3.63) is 12.7 Å². The lowest BCUT2D eigenvalue weighted by molar-refractivity contribution is -0.147. The van der Waals surface area contributed by atoms with E-state index < -0.39 is 5.60 Å². The fourth-order valence-electron chi connectivity index (χ4n) is 1.68. The van der Waals surface area contributed by atoms with Gasteiger partial charge in [-0.05, 0) is 44.9 Å². The summed E-state index contributed by atoms with van der Waals surface area (Å²) in [7, 11) is 0. The number of carbonyl (C=O) groups excluding carboxylic acids is 1. The van der Waals surface area contributed by atoms with Crippen molar-refractivity contribution in [3.63, 3.8) is 0 Å². The number of hydrogen-bond donors (Lipinski definition) is 0. The van der Waals surface area contributed by atoms with Gasteiger partial charge in [0.15, 0.2) is 5.60 Å². The number of ether oxygens (including phenoxy) is 1. The Bertz CT molecular complexity index is 321. The van der Waals surface area contributed by atoms with E-state index in [1.165, 1.54) is 19.8 Å². The van der Waals surface area contributed by atoms with Gasteiger partial charge in [0, 0.05) is 6.92 Å². The lowest BCUT2D eigenvalue weighted by Crippen LogP contribution is -2.27. The lowest BCUT2D eigenvalue weighted by Gasteiger charge is -2.18. The fraction of sp³-hybridized carbons (Fsp3) is 0.615. The van der Waals surface area contributed by atoms with Crippen LogP contribution in [0.5, 0.6) is 0 Å². The van der Waals surface area contributed by atoms with Crippen LogP contribution in [0.2, 0.25) is 0 Å². The highest BCUT2D eigenvalue weighted by atomic mass is 16.6. The van der Waals surface area contributed by atoms with Crippen molar-refractivity contribution in [2.24, 2.45) is 0 Å². The van der Waals surface area contributed by atoms with E-state index in [1.807, 2.05) is 0 Å². The number of esters is 1. The second-order valence-electron chi connectivity index (χ2n) is 4.19. The maximum absolute atomic E-state index is 10.9. The molecule has 1 rings (SSSR count). The minimum absolute atomic E-state index is 0.335. The molecular weight excluding hydrogens is 202 g/mol. The Morgan fingerprint density at radius 1 is 1.56 bits per heavy atom. The van der Waals surface area contributed by atoms with E-state index in [-0.39, 0.29) is 5.97 Å². The SMILES string of the molecule is C=C[C@@](C)(C#CCN1CCCC1)OC(C)=O. The average molecular weight is 221 g/mol. The van der Waals surface area contributed by atoms with E-state index in [9.17, 15) is 4.79 Å². The van der Waals surface area contributed by atoms with E-state index in [4.69, 9.17) is 4.74 Å². The zero-order valence-corrected chi connectivity index (χ0v) is 10.1. The van der Waals surface area contributed by atoms with Crippen LogP contribution >= 0.6 is 0 Å². The molecule has 0 aliphatic carbocycles. The third-order valence-corrected chi connectivity index (χ3v) is 2.58. The Kier molecular flexibility index (Phi) is 4.57. The molecule has 0 unspecified atom stereocenters. The molecular formula is C13H19NO2. The molecule has 0 spiro atoms. The fourth-order valence-corrected chi connectivity index (χ4v) is 1.68. The summed E-state index contributed by atoms with van der Waals surface area (Å²) in [5.41, 5.74) is -0.856. The maximum atomic E-state index is 10.9. The number of carbonyl (C=O) groups is 1. The lowest BCUT2D eigenvalue weighted by atomic mass is 10.1. The Morgan fingerprint density at radius 2 is 2.19 bits per heavy atom. The summed E-state index contributed by atoms with van der Waals surface area (Å²) in [5, 5.41) is 0. The molecule has 0 aromatic heterocycles. The van der Waals surface area contributed by atoms with Gasteiger partial charge >= 0.3 is 5.97 Å². The molecule has 0 aromatic rings. The van der Waals surface area contributed by atoms with Crippen LogP contribution in [0.25, 0.3) is 0 Å². The first-order valence-electron chi connectivity index (χ1n) is 5.61. The quantitative estimate of drug-likeness (QED) is 0.412. The molecule has 16 heavy (non-hydrogen) atoms. The largest absolute Gasteiger partial charge is 0.443 e. The van der Waals surface area contributed by atoms with Gasteiger partial charge in [-0.25, -0.2) is 0 Å². The van der Waals surface area contributed by atoms with Crippen molar-refractivity contribution in [3.8, 4) is 11.8 Å². The molecule has 1 heterocycles. The Hall–Kier alpha value is -1.27. The first-order chi connectivity index (χ1) is 7.56.